The molecule has 0 N–H and O–H groups in total. The van der Waals surface area contributed by atoms with Gasteiger partial charge in [0.2, 0.25) is 0 Å². The van der Waals surface area contributed by atoms with Gasteiger partial charge in [0.05, 0.1) is 10.5 Å². The van der Waals surface area contributed by atoms with Gasteiger partial charge < -0.3 is 14.3 Å². The third-order valence-electron chi connectivity index (χ3n) is 6.67. The molecular weight excluding hydrogens is 480 g/mol. The minimum absolute atomic E-state index is 0.0436. The van der Waals surface area contributed by atoms with Crippen LogP contribution in [-0.2, 0) is 16.3 Å². The molecule has 1 aliphatic heterocycles. The zero-order valence-corrected chi connectivity index (χ0v) is 21.3. The van der Waals surface area contributed by atoms with Crippen molar-refractivity contribution in [2.45, 2.75) is 62.4 Å². The second kappa shape index (κ2) is 9.96. The molecule has 2 aromatic heterocycles. The topological polar surface area (TPSA) is 122 Å². The van der Waals surface area contributed by atoms with Gasteiger partial charge in [-0.3, -0.25) is 4.79 Å². The lowest BCUT2D eigenvalue weighted by atomic mass is 10.0. The molecule has 190 valence electrons. The first-order valence-corrected chi connectivity index (χ1v) is 14.3. The number of aromatic nitrogens is 4. The number of hydrogen-bond acceptors (Lipinski definition) is 9. The fraction of sp³-hybridized carbons (Fsp3) is 0.480. The molecule has 3 aromatic rings. The molecule has 2 fully saturated rings. The van der Waals surface area contributed by atoms with Crippen molar-refractivity contribution < 1.29 is 17.7 Å². The predicted molar refractivity (Wildman–Crippen MR) is 133 cm³/mol. The number of carbonyl (C=O) groups is 1. The fourth-order valence-electron chi connectivity index (χ4n) is 4.60. The second-order valence-corrected chi connectivity index (χ2v) is 11.5. The molecule has 11 heteroatoms. The zero-order valence-electron chi connectivity index (χ0n) is 20.5. The van der Waals surface area contributed by atoms with Gasteiger partial charge in [0, 0.05) is 55.8 Å². The Morgan fingerprint density at radius 3 is 2.28 bits per heavy atom. The molecule has 2 aliphatic rings. The van der Waals surface area contributed by atoms with Crippen LogP contribution in [0.2, 0.25) is 0 Å². The first-order valence-electron chi connectivity index (χ1n) is 12.4. The van der Waals surface area contributed by atoms with E-state index >= 15 is 0 Å². The lowest BCUT2D eigenvalue weighted by Gasteiger charge is -2.38. The van der Waals surface area contributed by atoms with Crippen LogP contribution in [-0.4, -0.2) is 70.8 Å². The van der Waals surface area contributed by atoms with Gasteiger partial charge in [-0.15, -0.1) is 0 Å². The van der Waals surface area contributed by atoms with E-state index in [2.05, 4.69) is 31.9 Å². The second-order valence-electron chi connectivity index (χ2n) is 9.50. The number of carbonyl (C=O) groups excluding carboxylic acids is 1. The number of sulfone groups is 1. The van der Waals surface area contributed by atoms with Crippen LogP contribution in [0.1, 0.15) is 55.2 Å². The minimum atomic E-state index is -3.27. The molecule has 0 spiro atoms. The number of amides is 1. The summed E-state index contributed by atoms with van der Waals surface area (Å²) in [6.07, 6.45) is 9.77. The number of nitrogens with zero attached hydrogens (tertiary/aromatic N) is 6. The summed E-state index contributed by atoms with van der Waals surface area (Å²) in [6, 6.07) is 7.38. The average Bonchev–Trinajstić information content (AvgIpc) is 3.61. The highest BCUT2D eigenvalue weighted by atomic mass is 32.2. The summed E-state index contributed by atoms with van der Waals surface area (Å²) >= 11 is 0. The summed E-state index contributed by atoms with van der Waals surface area (Å²) in [6.45, 7) is 3.60. The van der Waals surface area contributed by atoms with Gasteiger partial charge in [-0.05, 0) is 56.4 Å². The number of benzene rings is 1. The van der Waals surface area contributed by atoms with Gasteiger partial charge in [-0.1, -0.05) is 12.1 Å². The smallest absolute Gasteiger partial charge is 0.324 e. The van der Waals surface area contributed by atoms with Crippen LogP contribution in [0.3, 0.4) is 0 Å². The number of anilines is 1. The third-order valence-corrected chi connectivity index (χ3v) is 7.80. The monoisotopic (exact) mass is 510 g/mol. The molecule has 5 rings (SSSR count). The minimum Gasteiger partial charge on any atom is -0.332 e. The first kappa shape index (κ1) is 24.4. The van der Waals surface area contributed by atoms with E-state index in [4.69, 9.17) is 4.52 Å². The Morgan fingerprint density at radius 2 is 1.69 bits per heavy atom. The maximum atomic E-state index is 13.5. The lowest BCUT2D eigenvalue weighted by molar-refractivity contribution is 0.0628. The summed E-state index contributed by atoms with van der Waals surface area (Å²) in [5, 5.41) is 4.05. The van der Waals surface area contributed by atoms with E-state index in [-0.39, 0.29) is 22.9 Å². The van der Waals surface area contributed by atoms with Crippen LogP contribution in [0.25, 0.3) is 11.4 Å². The van der Waals surface area contributed by atoms with Crippen molar-refractivity contribution in [2.75, 3.05) is 24.2 Å². The number of piperidine rings is 1. The Morgan fingerprint density at radius 1 is 1.06 bits per heavy atom. The number of aryl methyl sites for hydroxylation is 1. The van der Waals surface area contributed by atoms with Crippen LogP contribution < -0.4 is 4.90 Å². The standard InChI is InChI=1S/C25H30N6O4S/c1-3-4-22-28-25(35-29-22)30-13-11-20(12-14-30)31(19-7-8-19)24(32)18-15-26-23(27-16-18)17-5-9-21(10-6-17)36(2,33)34/h5-6,9-10,15-16,19-20H,3-4,7-8,11-14H2,1-2H3. The van der Waals surface area contributed by atoms with Crippen molar-refractivity contribution in [3.8, 4) is 11.4 Å². The summed E-state index contributed by atoms with van der Waals surface area (Å²) in [4.78, 5) is 31.1. The molecule has 0 radical (unpaired) electrons. The summed E-state index contributed by atoms with van der Waals surface area (Å²) in [5.74, 6) is 1.14. The van der Waals surface area contributed by atoms with E-state index in [1.165, 1.54) is 18.4 Å². The van der Waals surface area contributed by atoms with E-state index < -0.39 is 9.84 Å². The highest BCUT2D eigenvalue weighted by Crippen LogP contribution is 2.34. The molecule has 0 unspecified atom stereocenters. The van der Waals surface area contributed by atoms with Gasteiger partial charge >= 0.3 is 6.01 Å². The van der Waals surface area contributed by atoms with Crippen molar-refractivity contribution in [3.05, 3.63) is 48.0 Å². The van der Waals surface area contributed by atoms with E-state index in [9.17, 15) is 13.2 Å². The predicted octanol–water partition coefficient (Wildman–Crippen LogP) is 3.16. The molecule has 1 aliphatic carbocycles. The van der Waals surface area contributed by atoms with Crippen molar-refractivity contribution in [1.29, 1.82) is 0 Å². The van der Waals surface area contributed by atoms with E-state index in [1.54, 1.807) is 24.5 Å². The van der Waals surface area contributed by atoms with Gasteiger partial charge in [-0.25, -0.2) is 18.4 Å². The maximum Gasteiger partial charge on any atom is 0.324 e. The molecule has 0 atom stereocenters. The van der Waals surface area contributed by atoms with Crippen molar-refractivity contribution >= 4 is 21.8 Å². The third kappa shape index (κ3) is 5.25. The highest BCUT2D eigenvalue weighted by molar-refractivity contribution is 7.90. The molecule has 0 bridgehead atoms. The van der Waals surface area contributed by atoms with Crippen molar-refractivity contribution in [1.82, 2.24) is 25.0 Å². The average molecular weight is 511 g/mol. The van der Waals surface area contributed by atoms with Gasteiger partial charge in [-0.2, -0.15) is 4.98 Å². The fourth-order valence-corrected chi connectivity index (χ4v) is 5.23. The van der Waals surface area contributed by atoms with Gasteiger partial charge in [0.25, 0.3) is 5.91 Å². The number of rotatable bonds is 8. The van der Waals surface area contributed by atoms with Crippen LogP contribution in [0.5, 0.6) is 0 Å². The van der Waals surface area contributed by atoms with Crippen LogP contribution in [0, 0.1) is 0 Å². The molecule has 1 saturated heterocycles. The molecule has 3 heterocycles. The van der Waals surface area contributed by atoms with Gasteiger partial charge in [0.15, 0.2) is 21.5 Å². The SMILES string of the molecule is CCCc1noc(N2CCC(N(C(=O)c3cnc(-c4ccc(S(C)(=O)=O)cc4)nc3)C3CC3)CC2)n1. The summed E-state index contributed by atoms with van der Waals surface area (Å²) < 4.78 is 28.8. The van der Waals surface area contributed by atoms with E-state index in [0.29, 0.717) is 23.0 Å². The van der Waals surface area contributed by atoms with Crippen LogP contribution in [0.4, 0.5) is 6.01 Å². The molecule has 1 amide bonds. The van der Waals surface area contributed by atoms with Crippen molar-refractivity contribution in [3.63, 3.8) is 0 Å². The Hall–Kier alpha value is -3.34. The lowest BCUT2D eigenvalue weighted by Crippen LogP contribution is -2.48. The van der Waals surface area contributed by atoms with Gasteiger partial charge in [0.1, 0.15) is 0 Å². The first-order chi connectivity index (χ1) is 17.3. The summed E-state index contributed by atoms with van der Waals surface area (Å²) in [7, 11) is -3.27. The van der Waals surface area contributed by atoms with E-state index in [1.807, 2.05) is 4.90 Å². The van der Waals surface area contributed by atoms with Crippen molar-refractivity contribution in [2.24, 2.45) is 0 Å². The quantitative estimate of drug-likeness (QED) is 0.450. The molecular formula is C25H30N6O4S. The maximum absolute atomic E-state index is 13.5. The Kier molecular flexibility index (Phi) is 6.74. The number of hydrogen-bond donors (Lipinski definition) is 0. The van der Waals surface area contributed by atoms with Crippen LogP contribution >= 0.6 is 0 Å². The molecule has 1 aromatic carbocycles. The van der Waals surface area contributed by atoms with E-state index in [0.717, 1.165) is 57.4 Å². The molecule has 36 heavy (non-hydrogen) atoms. The Bertz CT molecular complexity index is 1310. The Labute approximate surface area is 210 Å². The molecule has 1 saturated carbocycles. The van der Waals surface area contributed by atoms with Crippen LogP contribution in [0.15, 0.2) is 46.1 Å². The summed E-state index contributed by atoms with van der Waals surface area (Å²) in [5.41, 5.74) is 1.15. The largest absolute Gasteiger partial charge is 0.332 e. The highest BCUT2D eigenvalue weighted by Gasteiger charge is 2.39. The normalized spacial score (nSPS) is 16.8. The molecule has 10 nitrogen and oxygen atoms in total. The zero-order chi connectivity index (χ0) is 25.3. The Balaban J connectivity index is 1.25.